The molecule has 0 saturated carbocycles. The molecule has 0 fully saturated rings. The highest BCUT2D eigenvalue weighted by molar-refractivity contribution is 5.68. The summed E-state index contributed by atoms with van der Waals surface area (Å²) < 4.78 is 26.6. The maximum absolute atomic E-state index is 11.4. The van der Waals surface area contributed by atoms with Gasteiger partial charge < -0.3 is 34.7 Å². The van der Waals surface area contributed by atoms with Crippen LogP contribution in [-0.4, -0.2) is 64.5 Å². The highest BCUT2D eigenvalue weighted by atomic mass is 16.6. The molecule has 1 amide bonds. The fourth-order valence-corrected chi connectivity index (χ4v) is 1.86. The van der Waals surface area contributed by atoms with Crippen molar-refractivity contribution < 1.29 is 28.5 Å². The Hall–Kier alpha value is -2.03. The first kappa shape index (κ1) is 23.0. The van der Waals surface area contributed by atoms with E-state index in [2.05, 4.69) is 5.32 Å². The molecular formula is C19H32N2O6. The number of anilines is 1. The minimum absolute atomic E-state index is 0.207. The Morgan fingerprint density at radius 3 is 1.85 bits per heavy atom. The van der Waals surface area contributed by atoms with Crippen molar-refractivity contribution in [2.75, 3.05) is 58.6 Å². The summed E-state index contributed by atoms with van der Waals surface area (Å²) in [7, 11) is 0. The molecule has 0 aliphatic heterocycles. The SMILES string of the molecule is CC(C)(C)NC(=O)OCCOCCOCCOCCOc1ccc(N)cc1. The second kappa shape index (κ2) is 13.2. The van der Waals surface area contributed by atoms with E-state index in [0.29, 0.717) is 51.9 Å². The Kier molecular flexibility index (Phi) is 11.2. The van der Waals surface area contributed by atoms with Gasteiger partial charge in [0.25, 0.3) is 0 Å². The Balaban J connectivity index is 1.81. The predicted octanol–water partition coefficient (Wildman–Crippen LogP) is 2.22. The summed E-state index contributed by atoms with van der Waals surface area (Å²) in [6.07, 6.45) is -0.445. The highest BCUT2D eigenvalue weighted by Crippen LogP contribution is 2.12. The van der Waals surface area contributed by atoms with Crippen LogP contribution in [0.5, 0.6) is 5.75 Å². The molecule has 0 aliphatic carbocycles. The predicted molar refractivity (Wildman–Crippen MR) is 103 cm³/mol. The number of nitrogens with two attached hydrogens (primary N) is 1. The van der Waals surface area contributed by atoms with E-state index in [0.717, 1.165) is 5.75 Å². The first-order valence-electron chi connectivity index (χ1n) is 9.03. The van der Waals surface area contributed by atoms with Gasteiger partial charge in [-0.3, -0.25) is 0 Å². The van der Waals surface area contributed by atoms with Crippen molar-refractivity contribution in [3.8, 4) is 5.75 Å². The molecule has 154 valence electrons. The Morgan fingerprint density at radius 2 is 1.33 bits per heavy atom. The largest absolute Gasteiger partial charge is 0.491 e. The molecule has 3 N–H and O–H groups in total. The summed E-state index contributed by atoms with van der Waals surface area (Å²) in [5.74, 6) is 0.765. The zero-order chi connectivity index (χ0) is 20.0. The number of nitrogen functional groups attached to an aromatic ring is 1. The average Bonchev–Trinajstić information content (AvgIpc) is 2.59. The van der Waals surface area contributed by atoms with Crippen molar-refractivity contribution in [3.63, 3.8) is 0 Å². The van der Waals surface area contributed by atoms with E-state index in [1.165, 1.54) is 0 Å². The maximum atomic E-state index is 11.4. The quantitative estimate of drug-likeness (QED) is 0.397. The molecule has 0 unspecified atom stereocenters. The molecule has 0 aromatic heterocycles. The van der Waals surface area contributed by atoms with Gasteiger partial charge in [0, 0.05) is 11.2 Å². The lowest BCUT2D eigenvalue weighted by atomic mass is 10.1. The number of hydrogen-bond donors (Lipinski definition) is 2. The molecule has 1 aromatic rings. The standard InChI is InChI=1S/C19H32N2O6/c1-19(2,3)21-18(22)27-15-13-25-11-9-23-8-10-24-12-14-26-17-6-4-16(20)5-7-17/h4-7H,8-15,20H2,1-3H3,(H,21,22). The Labute approximate surface area is 161 Å². The molecule has 8 nitrogen and oxygen atoms in total. The summed E-state index contributed by atoms with van der Waals surface area (Å²) in [6, 6.07) is 7.22. The summed E-state index contributed by atoms with van der Waals surface area (Å²) in [5, 5.41) is 2.70. The number of amides is 1. The lowest BCUT2D eigenvalue weighted by Crippen LogP contribution is -2.41. The van der Waals surface area contributed by atoms with Crippen molar-refractivity contribution in [1.29, 1.82) is 0 Å². The molecule has 0 heterocycles. The van der Waals surface area contributed by atoms with Crippen LogP contribution in [0, 0.1) is 0 Å². The zero-order valence-corrected chi connectivity index (χ0v) is 16.5. The van der Waals surface area contributed by atoms with E-state index in [-0.39, 0.29) is 12.1 Å². The number of benzene rings is 1. The summed E-state index contributed by atoms with van der Waals surface area (Å²) >= 11 is 0. The van der Waals surface area contributed by atoms with Crippen LogP contribution in [0.4, 0.5) is 10.5 Å². The van der Waals surface area contributed by atoms with Gasteiger partial charge in [-0.05, 0) is 45.0 Å². The molecule has 0 saturated heterocycles. The van der Waals surface area contributed by atoms with E-state index >= 15 is 0 Å². The van der Waals surface area contributed by atoms with Gasteiger partial charge in [-0.15, -0.1) is 0 Å². The number of carbonyl (C=O) groups is 1. The van der Waals surface area contributed by atoms with Crippen LogP contribution in [0.15, 0.2) is 24.3 Å². The van der Waals surface area contributed by atoms with Crippen LogP contribution < -0.4 is 15.8 Å². The van der Waals surface area contributed by atoms with Gasteiger partial charge in [0.05, 0.1) is 39.6 Å². The van der Waals surface area contributed by atoms with E-state index in [9.17, 15) is 4.79 Å². The third-order valence-electron chi connectivity index (χ3n) is 3.06. The smallest absolute Gasteiger partial charge is 0.407 e. The van der Waals surface area contributed by atoms with Crippen molar-refractivity contribution in [2.24, 2.45) is 0 Å². The van der Waals surface area contributed by atoms with E-state index < -0.39 is 6.09 Å². The molecule has 0 spiro atoms. The molecule has 8 heteroatoms. The van der Waals surface area contributed by atoms with Crippen LogP contribution in [0.3, 0.4) is 0 Å². The van der Waals surface area contributed by atoms with E-state index in [1.54, 1.807) is 12.1 Å². The van der Waals surface area contributed by atoms with E-state index in [4.69, 9.17) is 29.4 Å². The normalized spacial score (nSPS) is 11.2. The Morgan fingerprint density at radius 1 is 0.852 bits per heavy atom. The molecule has 0 aliphatic rings. The minimum Gasteiger partial charge on any atom is -0.491 e. The van der Waals surface area contributed by atoms with Gasteiger partial charge in [-0.25, -0.2) is 4.79 Å². The van der Waals surface area contributed by atoms with Gasteiger partial charge in [0.1, 0.15) is 19.0 Å². The molecule has 1 aromatic carbocycles. The lowest BCUT2D eigenvalue weighted by Gasteiger charge is -2.19. The molecule has 0 atom stereocenters. The monoisotopic (exact) mass is 384 g/mol. The van der Waals surface area contributed by atoms with Crippen LogP contribution >= 0.6 is 0 Å². The number of hydrogen-bond acceptors (Lipinski definition) is 7. The van der Waals surface area contributed by atoms with Crippen molar-refractivity contribution >= 4 is 11.8 Å². The molecular weight excluding hydrogens is 352 g/mol. The topological polar surface area (TPSA) is 101 Å². The minimum atomic E-state index is -0.445. The molecule has 0 radical (unpaired) electrons. The molecule has 27 heavy (non-hydrogen) atoms. The van der Waals surface area contributed by atoms with Gasteiger partial charge >= 0.3 is 6.09 Å². The summed E-state index contributed by atoms with van der Waals surface area (Å²) in [6.45, 7) is 9.02. The lowest BCUT2D eigenvalue weighted by molar-refractivity contribution is 0.00168. The third-order valence-corrected chi connectivity index (χ3v) is 3.06. The Bertz CT molecular complexity index is 516. The molecule has 1 rings (SSSR count). The van der Waals surface area contributed by atoms with Crippen LogP contribution in [0.1, 0.15) is 20.8 Å². The first-order valence-corrected chi connectivity index (χ1v) is 9.03. The van der Waals surface area contributed by atoms with Gasteiger partial charge in [0.2, 0.25) is 0 Å². The van der Waals surface area contributed by atoms with Gasteiger partial charge in [-0.2, -0.15) is 0 Å². The second-order valence-electron chi connectivity index (χ2n) is 6.77. The first-order chi connectivity index (χ1) is 12.9. The number of carbonyl (C=O) groups excluding carboxylic acids is 1. The molecule has 0 bridgehead atoms. The van der Waals surface area contributed by atoms with Gasteiger partial charge in [-0.1, -0.05) is 0 Å². The third kappa shape index (κ3) is 13.8. The fraction of sp³-hybridized carbons (Fsp3) is 0.632. The number of alkyl carbamates (subject to hydrolysis) is 1. The number of nitrogens with one attached hydrogen (secondary N) is 1. The van der Waals surface area contributed by atoms with Crippen LogP contribution in [-0.2, 0) is 18.9 Å². The van der Waals surface area contributed by atoms with E-state index in [1.807, 2.05) is 32.9 Å². The maximum Gasteiger partial charge on any atom is 0.407 e. The van der Waals surface area contributed by atoms with Crippen molar-refractivity contribution in [2.45, 2.75) is 26.3 Å². The fourth-order valence-electron chi connectivity index (χ4n) is 1.86. The van der Waals surface area contributed by atoms with Gasteiger partial charge in [0.15, 0.2) is 0 Å². The summed E-state index contributed by atoms with van der Waals surface area (Å²) in [4.78, 5) is 11.4. The second-order valence-corrected chi connectivity index (χ2v) is 6.77. The number of ether oxygens (including phenoxy) is 5. The van der Waals surface area contributed by atoms with Crippen molar-refractivity contribution in [3.05, 3.63) is 24.3 Å². The average molecular weight is 384 g/mol. The summed E-state index contributed by atoms with van der Waals surface area (Å²) in [5.41, 5.74) is 6.00. The van der Waals surface area contributed by atoms with Crippen molar-refractivity contribution in [1.82, 2.24) is 5.32 Å². The number of rotatable bonds is 13. The van der Waals surface area contributed by atoms with Crippen LogP contribution in [0.25, 0.3) is 0 Å². The zero-order valence-electron chi connectivity index (χ0n) is 16.5. The van der Waals surface area contributed by atoms with Crippen LogP contribution in [0.2, 0.25) is 0 Å². The highest BCUT2D eigenvalue weighted by Gasteiger charge is 2.14.